The van der Waals surface area contributed by atoms with E-state index >= 15 is 0 Å². The minimum atomic E-state index is -0.567. The molecule has 0 fully saturated rings. The van der Waals surface area contributed by atoms with E-state index in [9.17, 15) is 4.79 Å². The molecule has 0 aliphatic rings. The van der Waals surface area contributed by atoms with Crippen molar-refractivity contribution in [1.29, 1.82) is 0 Å². The van der Waals surface area contributed by atoms with E-state index in [1.54, 1.807) is 0 Å². The van der Waals surface area contributed by atoms with E-state index in [1.807, 2.05) is 0 Å². The second kappa shape index (κ2) is 3.44. The minimum absolute atomic E-state index is 0.0575. The molecule has 12 heavy (non-hydrogen) atoms. The Bertz CT molecular complexity index is 343. The van der Waals surface area contributed by atoms with Gasteiger partial charge < -0.3 is 9.58 Å². The fraction of sp³-hybridized carbons (Fsp3) is 0.143. The van der Waals surface area contributed by atoms with E-state index < -0.39 is 5.97 Å². The van der Waals surface area contributed by atoms with Crippen LogP contribution in [-0.4, -0.2) is 23.0 Å². The van der Waals surface area contributed by atoms with Crippen LogP contribution in [0.25, 0.3) is 4.85 Å². The summed E-state index contributed by atoms with van der Waals surface area (Å²) in [4.78, 5) is 21.1. The lowest BCUT2D eigenvalue weighted by molar-refractivity contribution is 0.0594. The molecule has 0 saturated carbocycles. The first kappa shape index (κ1) is 8.14. The zero-order valence-corrected chi connectivity index (χ0v) is 6.31. The van der Waals surface area contributed by atoms with Crippen LogP contribution in [0.2, 0.25) is 0 Å². The van der Waals surface area contributed by atoms with Crippen LogP contribution in [0.1, 0.15) is 10.5 Å². The molecule has 0 unspecified atom stereocenters. The summed E-state index contributed by atoms with van der Waals surface area (Å²) in [6.45, 7) is 6.59. The highest BCUT2D eigenvalue weighted by Crippen LogP contribution is 2.03. The molecule has 5 heteroatoms. The van der Waals surface area contributed by atoms with Gasteiger partial charge in [0.15, 0.2) is 0 Å². The maximum Gasteiger partial charge on any atom is 0.372 e. The molecule has 1 aromatic heterocycles. The molecule has 0 aromatic carbocycles. The molecule has 0 aliphatic carbocycles. The van der Waals surface area contributed by atoms with Gasteiger partial charge in [-0.05, 0) is 0 Å². The highest BCUT2D eigenvalue weighted by Gasteiger charge is 2.10. The number of nitrogens with zero attached hydrogens (tertiary/aromatic N) is 3. The predicted molar refractivity (Wildman–Crippen MR) is 39.6 cm³/mol. The van der Waals surface area contributed by atoms with Crippen molar-refractivity contribution >= 4 is 11.9 Å². The van der Waals surface area contributed by atoms with Crippen LogP contribution in [0, 0.1) is 6.57 Å². The zero-order valence-electron chi connectivity index (χ0n) is 6.31. The summed E-state index contributed by atoms with van der Waals surface area (Å²) in [6.07, 6.45) is 1.34. The number of aromatic nitrogens is 2. The molecular weight excluding hydrogens is 158 g/mol. The second-order valence-corrected chi connectivity index (χ2v) is 1.85. The van der Waals surface area contributed by atoms with Gasteiger partial charge in [0.05, 0.1) is 13.3 Å². The number of carbonyl (C=O) groups excluding carboxylic acids is 1. The summed E-state index contributed by atoms with van der Waals surface area (Å²) < 4.78 is 4.40. The third-order valence-electron chi connectivity index (χ3n) is 1.14. The van der Waals surface area contributed by atoms with E-state index in [0.717, 1.165) is 0 Å². The van der Waals surface area contributed by atoms with Gasteiger partial charge in [0.25, 0.3) is 0 Å². The summed E-state index contributed by atoms with van der Waals surface area (Å²) in [5.41, 5.74) is 0.0958. The van der Waals surface area contributed by atoms with Crippen molar-refractivity contribution in [3.8, 4) is 0 Å². The maximum atomic E-state index is 10.9. The summed E-state index contributed by atoms with van der Waals surface area (Å²) in [6, 6.07) is 1.39. The Morgan fingerprint density at radius 2 is 2.50 bits per heavy atom. The molecule has 60 valence electrons. The molecule has 0 radical (unpaired) electrons. The Labute approximate surface area is 68.8 Å². The van der Waals surface area contributed by atoms with Crippen molar-refractivity contribution in [3.05, 3.63) is 29.4 Å². The third kappa shape index (κ3) is 1.55. The van der Waals surface area contributed by atoms with Crippen LogP contribution in [0.15, 0.2) is 12.3 Å². The van der Waals surface area contributed by atoms with Crippen LogP contribution < -0.4 is 0 Å². The molecule has 0 aliphatic heterocycles. The first-order valence-corrected chi connectivity index (χ1v) is 3.06. The molecule has 1 aromatic rings. The van der Waals surface area contributed by atoms with Gasteiger partial charge in [-0.3, -0.25) is 0 Å². The van der Waals surface area contributed by atoms with Gasteiger partial charge in [-0.15, -0.1) is 11.6 Å². The average Bonchev–Trinajstić information content (AvgIpc) is 2.17. The van der Waals surface area contributed by atoms with Crippen LogP contribution >= 0.6 is 0 Å². The number of ether oxygens (including phenoxy) is 1. The number of hydrogen-bond donors (Lipinski definition) is 0. The van der Waals surface area contributed by atoms with Gasteiger partial charge in [0.1, 0.15) is 0 Å². The largest absolute Gasteiger partial charge is 0.463 e. The van der Waals surface area contributed by atoms with Crippen molar-refractivity contribution in [2.45, 2.75) is 0 Å². The van der Waals surface area contributed by atoms with Gasteiger partial charge in [0, 0.05) is 6.07 Å². The first-order valence-electron chi connectivity index (χ1n) is 3.06. The lowest BCUT2D eigenvalue weighted by atomic mass is 10.4. The Hall–Kier alpha value is -1.96. The monoisotopic (exact) mass is 163 g/mol. The first-order chi connectivity index (χ1) is 5.77. The lowest BCUT2D eigenvalue weighted by Crippen LogP contribution is -2.03. The minimum Gasteiger partial charge on any atom is -0.463 e. The number of rotatable bonds is 1. The van der Waals surface area contributed by atoms with Gasteiger partial charge in [-0.25, -0.2) is 4.79 Å². The van der Waals surface area contributed by atoms with Crippen molar-refractivity contribution < 1.29 is 9.53 Å². The second-order valence-electron chi connectivity index (χ2n) is 1.85. The maximum absolute atomic E-state index is 10.9. The molecule has 0 amide bonds. The predicted octanol–water partition coefficient (Wildman–Crippen LogP) is 0.814. The van der Waals surface area contributed by atoms with E-state index in [4.69, 9.17) is 6.57 Å². The number of hydrogen-bond acceptors (Lipinski definition) is 4. The highest BCUT2D eigenvalue weighted by atomic mass is 16.5. The van der Waals surface area contributed by atoms with Crippen LogP contribution in [0.3, 0.4) is 0 Å². The molecule has 0 N–H and O–H groups in total. The molecule has 0 atom stereocenters. The van der Waals surface area contributed by atoms with Crippen molar-refractivity contribution in [2.24, 2.45) is 0 Å². The Kier molecular flexibility index (Phi) is 2.33. The third-order valence-corrected chi connectivity index (χ3v) is 1.14. The van der Waals surface area contributed by atoms with Crippen LogP contribution in [0.5, 0.6) is 0 Å². The molecule has 1 heterocycles. The molecular formula is C7H5N3O2. The fourth-order valence-electron chi connectivity index (χ4n) is 0.621. The lowest BCUT2D eigenvalue weighted by Gasteiger charge is -1.93. The van der Waals surface area contributed by atoms with Crippen molar-refractivity contribution in [3.63, 3.8) is 0 Å². The molecule has 1 rings (SSSR count). The van der Waals surface area contributed by atoms with Gasteiger partial charge in [-0.2, -0.15) is 4.98 Å². The SMILES string of the molecule is [C-]#[N+]c1nccc(C(=O)OC)n1. The molecule has 5 nitrogen and oxygen atoms in total. The number of carbonyl (C=O) groups is 1. The molecule has 0 spiro atoms. The van der Waals surface area contributed by atoms with E-state index in [2.05, 4.69) is 19.5 Å². The van der Waals surface area contributed by atoms with Crippen LogP contribution in [0.4, 0.5) is 5.95 Å². The topological polar surface area (TPSA) is 56.4 Å². The Morgan fingerprint density at radius 1 is 1.75 bits per heavy atom. The van der Waals surface area contributed by atoms with E-state index in [0.29, 0.717) is 0 Å². The van der Waals surface area contributed by atoms with Crippen molar-refractivity contribution in [1.82, 2.24) is 9.97 Å². The van der Waals surface area contributed by atoms with E-state index in [-0.39, 0.29) is 11.6 Å². The summed E-state index contributed by atoms with van der Waals surface area (Å²) >= 11 is 0. The van der Waals surface area contributed by atoms with Gasteiger partial charge in [-0.1, -0.05) is 0 Å². The van der Waals surface area contributed by atoms with Gasteiger partial charge in [0.2, 0.25) is 5.69 Å². The normalized spacial score (nSPS) is 8.67. The Balaban J connectivity index is 3.04. The van der Waals surface area contributed by atoms with Gasteiger partial charge >= 0.3 is 11.9 Å². The molecule has 0 saturated heterocycles. The summed E-state index contributed by atoms with van der Waals surface area (Å²) in [5.74, 6) is -0.625. The standard InChI is InChI=1S/C7H5N3O2/c1-8-7-9-4-3-5(10-7)6(11)12-2/h3-4H,2H3. The summed E-state index contributed by atoms with van der Waals surface area (Å²) in [5, 5.41) is 0. The zero-order chi connectivity index (χ0) is 8.97. The smallest absolute Gasteiger partial charge is 0.372 e. The number of esters is 1. The summed E-state index contributed by atoms with van der Waals surface area (Å²) in [7, 11) is 1.25. The Morgan fingerprint density at radius 3 is 3.08 bits per heavy atom. The van der Waals surface area contributed by atoms with E-state index in [1.165, 1.54) is 19.4 Å². The quantitative estimate of drug-likeness (QED) is 0.454. The van der Waals surface area contributed by atoms with Crippen LogP contribution in [-0.2, 0) is 4.74 Å². The molecule has 0 bridgehead atoms. The van der Waals surface area contributed by atoms with Crippen molar-refractivity contribution in [2.75, 3.05) is 7.11 Å². The fourth-order valence-corrected chi connectivity index (χ4v) is 0.621. The average molecular weight is 163 g/mol. The number of methoxy groups -OCH3 is 1. The highest BCUT2D eigenvalue weighted by molar-refractivity contribution is 5.87.